The maximum atomic E-state index is 11.1. The van der Waals surface area contributed by atoms with Gasteiger partial charge in [0.2, 0.25) is 5.91 Å². The van der Waals surface area contributed by atoms with Crippen LogP contribution in [0.3, 0.4) is 0 Å². The fourth-order valence-electron chi connectivity index (χ4n) is 1.12. The Hall–Kier alpha value is -1.88. The van der Waals surface area contributed by atoms with E-state index in [2.05, 4.69) is 10.3 Å². The summed E-state index contributed by atoms with van der Waals surface area (Å²) >= 11 is 0. The summed E-state index contributed by atoms with van der Waals surface area (Å²) in [4.78, 5) is 17.4. The van der Waals surface area contributed by atoms with Gasteiger partial charge in [-0.15, -0.1) is 0 Å². The molecule has 0 radical (unpaired) electrons. The second-order valence-electron chi connectivity index (χ2n) is 3.85. The van der Waals surface area contributed by atoms with E-state index in [0.29, 0.717) is 0 Å². The van der Waals surface area contributed by atoms with Crippen molar-refractivity contribution in [1.82, 2.24) is 4.90 Å². The summed E-state index contributed by atoms with van der Waals surface area (Å²) in [5.41, 5.74) is 6.78. The normalized spacial score (nSPS) is 11.2. The topological polar surface area (TPSA) is 70.7 Å². The molecule has 0 saturated heterocycles. The molecule has 0 bridgehead atoms. The molecule has 5 nitrogen and oxygen atoms in total. The molecular weight excluding hydrogens is 216 g/mol. The molecule has 3 N–H and O–H groups in total. The number of hydrogen-bond donors (Lipinski definition) is 2. The summed E-state index contributed by atoms with van der Waals surface area (Å²) in [6, 6.07) is 7.29. The minimum atomic E-state index is -0.203. The van der Waals surface area contributed by atoms with E-state index < -0.39 is 0 Å². The van der Waals surface area contributed by atoms with Gasteiger partial charge in [0, 0.05) is 19.8 Å². The minimum absolute atomic E-state index is 0.0142. The number of aliphatic imine (C=N–C) groups is 1. The molecule has 0 atom stereocenters. The number of rotatable bonds is 3. The predicted molar refractivity (Wildman–Crippen MR) is 70.6 cm³/mol. The lowest BCUT2D eigenvalue weighted by Gasteiger charge is -2.11. The second kappa shape index (κ2) is 6.00. The lowest BCUT2D eigenvalue weighted by molar-refractivity contribution is -0.114. The van der Waals surface area contributed by atoms with Crippen molar-refractivity contribution in [2.75, 3.05) is 26.0 Å². The quantitative estimate of drug-likeness (QED) is 0.609. The monoisotopic (exact) mass is 234 g/mol. The summed E-state index contributed by atoms with van der Waals surface area (Å²) in [6.45, 7) is 1.92. The van der Waals surface area contributed by atoms with Gasteiger partial charge < -0.3 is 16.0 Å². The fourth-order valence-corrected chi connectivity index (χ4v) is 1.12. The van der Waals surface area contributed by atoms with Crippen molar-refractivity contribution in [2.45, 2.75) is 6.92 Å². The van der Waals surface area contributed by atoms with Gasteiger partial charge in [-0.3, -0.25) is 4.79 Å². The molecule has 0 aliphatic rings. The first kappa shape index (κ1) is 13.2. The predicted octanol–water partition coefficient (Wildman–Crippen LogP) is 1.20. The van der Waals surface area contributed by atoms with Crippen LogP contribution in [0.2, 0.25) is 0 Å². The number of carbonyl (C=O) groups excluding carboxylic acids is 1. The number of nitrogens with two attached hydrogens (primary N) is 1. The number of nitrogens with one attached hydrogen (secondary N) is 1. The van der Waals surface area contributed by atoms with Gasteiger partial charge in [-0.05, 0) is 31.2 Å². The number of hydrogen-bond acceptors (Lipinski definition) is 3. The Morgan fingerprint density at radius 1 is 1.35 bits per heavy atom. The third kappa shape index (κ3) is 4.24. The SMILES string of the molecule is C/C(=N\c1ccc(NC(=O)CN)cc1)N(C)C. The summed E-state index contributed by atoms with van der Waals surface area (Å²) in [6.07, 6.45) is 0. The fraction of sp³-hybridized carbons (Fsp3) is 0.333. The van der Waals surface area contributed by atoms with E-state index in [-0.39, 0.29) is 12.5 Å². The maximum Gasteiger partial charge on any atom is 0.238 e. The van der Waals surface area contributed by atoms with Crippen LogP contribution in [0, 0.1) is 0 Å². The number of nitrogens with zero attached hydrogens (tertiary/aromatic N) is 2. The van der Waals surface area contributed by atoms with Crippen molar-refractivity contribution in [2.24, 2.45) is 10.7 Å². The smallest absolute Gasteiger partial charge is 0.238 e. The molecule has 0 spiro atoms. The van der Waals surface area contributed by atoms with Crippen LogP contribution in [0.5, 0.6) is 0 Å². The van der Waals surface area contributed by atoms with E-state index in [1.54, 1.807) is 12.1 Å². The number of amides is 1. The van der Waals surface area contributed by atoms with Crippen molar-refractivity contribution in [3.8, 4) is 0 Å². The highest BCUT2D eigenvalue weighted by atomic mass is 16.1. The van der Waals surface area contributed by atoms with Crippen molar-refractivity contribution < 1.29 is 4.79 Å². The first-order valence-electron chi connectivity index (χ1n) is 5.35. The van der Waals surface area contributed by atoms with E-state index in [4.69, 9.17) is 5.73 Å². The van der Waals surface area contributed by atoms with Gasteiger partial charge in [0.05, 0.1) is 12.2 Å². The standard InChI is InChI=1S/C12H18N4O/c1-9(16(2)3)14-10-4-6-11(7-5-10)15-12(17)8-13/h4-7H,8,13H2,1-3H3,(H,15,17)/b14-9+. The molecule has 0 aliphatic carbocycles. The zero-order valence-corrected chi connectivity index (χ0v) is 10.4. The molecule has 0 unspecified atom stereocenters. The molecule has 1 aromatic rings. The summed E-state index contributed by atoms with van der Waals surface area (Å²) in [7, 11) is 3.88. The lowest BCUT2D eigenvalue weighted by Crippen LogP contribution is -2.21. The van der Waals surface area contributed by atoms with E-state index in [0.717, 1.165) is 17.2 Å². The number of carbonyl (C=O) groups is 1. The Bertz CT molecular complexity index is 409. The minimum Gasteiger partial charge on any atom is -0.366 e. The molecule has 5 heteroatoms. The molecule has 1 rings (SSSR count). The van der Waals surface area contributed by atoms with Crippen LogP contribution in [0.4, 0.5) is 11.4 Å². The van der Waals surface area contributed by atoms with Gasteiger partial charge in [0.15, 0.2) is 0 Å². The third-order valence-corrected chi connectivity index (χ3v) is 2.27. The molecule has 17 heavy (non-hydrogen) atoms. The van der Waals surface area contributed by atoms with Gasteiger partial charge in [-0.2, -0.15) is 0 Å². The molecule has 1 aromatic carbocycles. The van der Waals surface area contributed by atoms with E-state index in [1.807, 2.05) is 38.1 Å². The highest BCUT2D eigenvalue weighted by Gasteiger charge is 1.99. The van der Waals surface area contributed by atoms with Crippen molar-refractivity contribution >= 4 is 23.1 Å². The van der Waals surface area contributed by atoms with Crippen LogP contribution in [0.1, 0.15) is 6.92 Å². The molecule has 0 aliphatic heterocycles. The van der Waals surface area contributed by atoms with Crippen LogP contribution >= 0.6 is 0 Å². The van der Waals surface area contributed by atoms with Crippen LogP contribution in [-0.4, -0.2) is 37.3 Å². The zero-order valence-electron chi connectivity index (χ0n) is 10.4. The Labute approximate surface area is 101 Å². The van der Waals surface area contributed by atoms with Gasteiger partial charge in [-0.1, -0.05) is 0 Å². The average Bonchev–Trinajstić information content (AvgIpc) is 2.31. The Morgan fingerprint density at radius 3 is 2.41 bits per heavy atom. The highest BCUT2D eigenvalue weighted by Crippen LogP contribution is 2.16. The number of benzene rings is 1. The zero-order chi connectivity index (χ0) is 12.8. The molecular formula is C12H18N4O. The Balaban J connectivity index is 2.75. The molecule has 0 fully saturated rings. The molecule has 0 heterocycles. The third-order valence-electron chi connectivity index (χ3n) is 2.27. The van der Waals surface area contributed by atoms with Crippen LogP contribution in [0.15, 0.2) is 29.3 Å². The van der Waals surface area contributed by atoms with Crippen LogP contribution in [0.25, 0.3) is 0 Å². The molecule has 0 aromatic heterocycles. The first-order chi connectivity index (χ1) is 8.02. The Morgan fingerprint density at radius 2 is 1.94 bits per heavy atom. The van der Waals surface area contributed by atoms with Crippen molar-refractivity contribution in [3.63, 3.8) is 0 Å². The first-order valence-corrected chi connectivity index (χ1v) is 5.35. The van der Waals surface area contributed by atoms with Crippen LogP contribution < -0.4 is 11.1 Å². The van der Waals surface area contributed by atoms with Crippen LogP contribution in [-0.2, 0) is 4.79 Å². The molecule has 1 amide bonds. The van der Waals surface area contributed by atoms with E-state index >= 15 is 0 Å². The van der Waals surface area contributed by atoms with Gasteiger partial charge in [-0.25, -0.2) is 4.99 Å². The highest BCUT2D eigenvalue weighted by molar-refractivity contribution is 5.92. The maximum absolute atomic E-state index is 11.1. The van der Waals surface area contributed by atoms with Gasteiger partial charge in [0.1, 0.15) is 5.84 Å². The van der Waals surface area contributed by atoms with E-state index in [9.17, 15) is 4.79 Å². The second-order valence-corrected chi connectivity index (χ2v) is 3.85. The largest absolute Gasteiger partial charge is 0.366 e. The van der Waals surface area contributed by atoms with Crippen molar-refractivity contribution in [1.29, 1.82) is 0 Å². The summed E-state index contributed by atoms with van der Waals surface area (Å²) in [5, 5.41) is 2.67. The molecule has 92 valence electrons. The summed E-state index contributed by atoms with van der Waals surface area (Å²) in [5.74, 6) is 0.717. The number of amidine groups is 1. The number of anilines is 1. The molecule has 0 saturated carbocycles. The van der Waals surface area contributed by atoms with E-state index in [1.165, 1.54) is 0 Å². The van der Waals surface area contributed by atoms with Gasteiger partial charge in [0.25, 0.3) is 0 Å². The van der Waals surface area contributed by atoms with Crippen molar-refractivity contribution in [3.05, 3.63) is 24.3 Å². The summed E-state index contributed by atoms with van der Waals surface area (Å²) < 4.78 is 0. The Kier molecular flexibility index (Phi) is 4.66. The van der Waals surface area contributed by atoms with Gasteiger partial charge >= 0.3 is 0 Å². The average molecular weight is 234 g/mol. The lowest BCUT2D eigenvalue weighted by atomic mass is 10.3.